The molecule has 4 rings (SSSR count). The molecular weight excluding hydrogens is 364 g/mol. The van der Waals surface area contributed by atoms with Crippen molar-refractivity contribution in [3.05, 3.63) is 88.6 Å². The Labute approximate surface area is 161 Å². The van der Waals surface area contributed by atoms with Gasteiger partial charge in [0.1, 0.15) is 18.1 Å². The average molecular weight is 381 g/mol. The van der Waals surface area contributed by atoms with E-state index in [-0.39, 0.29) is 12.5 Å². The summed E-state index contributed by atoms with van der Waals surface area (Å²) in [5.74, 6) is 1.33. The summed E-state index contributed by atoms with van der Waals surface area (Å²) >= 11 is 6.07. The van der Waals surface area contributed by atoms with Gasteiger partial charge in [-0.05, 0) is 48.0 Å². The highest BCUT2D eigenvalue weighted by molar-refractivity contribution is 6.30. The van der Waals surface area contributed by atoms with Gasteiger partial charge in [-0.2, -0.15) is 0 Å². The van der Waals surface area contributed by atoms with Crippen LogP contribution in [0, 0.1) is 0 Å². The SMILES string of the molecule is O=C(C1=Cc2cc(Cl)ccc2OC1)N(Cc1cccnc1)Cc1ccco1. The summed E-state index contributed by atoms with van der Waals surface area (Å²) in [6.45, 7) is 1.00. The molecule has 0 atom stereocenters. The van der Waals surface area contributed by atoms with E-state index < -0.39 is 0 Å². The van der Waals surface area contributed by atoms with E-state index in [0.717, 1.165) is 16.9 Å². The predicted octanol–water partition coefficient (Wildman–Crippen LogP) is 4.33. The van der Waals surface area contributed by atoms with Crippen LogP contribution in [0.5, 0.6) is 5.75 Å². The number of carbonyl (C=O) groups is 1. The first-order valence-electron chi connectivity index (χ1n) is 8.52. The quantitative estimate of drug-likeness (QED) is 0.661. The third-order valence-electron chi connectivity index (χ3n) is 4.27. The summed E-state index contributed by atoms with van der Waals surface area (Å²) in [7, 11) is 0. The van der Waals surface area contributed by atoms with Crippen LogP contribution in [0.1, 0.15) is 16.9 Å². The number of hydrogen-bond donors (Lipinski definition) is 0. The number of amides is 1. The summed E-state index contributed by atoms with van der Waals surface area (Å²) in [6.07, 6.45) is 6.90. The number of furan rings is 1. The molecule has 27 heavy (non-hydrogen) atoms. The van der Waals surface area contributed by atoms with Crippen LogP contribution in [0.4, 0.5) is 0 Å². The number of rotatable bonds is 5. The highest BCUT2D eigenvalue weighted by atomic mass is 35.5. The van der Waals surface area contributed by atoms with Crippen LogP contribution < -0.4 is 4.74 Å². The molecular formula is C21H17ClN2O3. The van der Waals surface area contributed by atoms with Crippen LogP contribution in [0.3, 0.4) is 0 Å². The smallest absolute Gasteiger partial charge is 0.253 e. The Morgan fingerprint density at radius 3 is 2.89 bits per heavy atom. The minimum atomic E-state index is -0.110. The zero-order valence-electron chi connectivity index (χ0n) is 14.5. The molecule has 2 aromatic heterocycles. The molecule has 0 saturated heterocycles. The van der Waals surface area contributed by atoms with Gasteiger partial charge in [0.2, 0.25) is 0 Å². The minimum absolute atomic E-state index is 0.110. The van der Waals surface area contributed by atoms with Gasteiger partial charge in [0.15, 0.2) is 0 Å². The van der Waals surface area contributed by atoms with E-state index >= 15 is 0 Å². The van der Waals surface area contributed by atoms with Crippen LogP contribution in [0.25, 0.3) is 6.08 Å². The van der Waals surface area contributed by atoms with Crippen LogP contribution >= 0.6 is 11.6 Å². The fraction of sp³-hybridized carbons (Fsp3) is 0.143. The third kappa shape index (κ3) is 4.04. The molecule has 3 aromatic rings. The summed E-state index contributed by atoms with van der Waals surface area (Å²) < 4.78 is 11.2. The van der Waals surface area contributed by atoms with Gasteiger partial charge >= 0.3 is 0 Å². The fourth-order valence-corrected chi connectivity index (χ4v) is 3.16. The van der Waals surface area contributed by atoms with E-state index in [4.69, 9.17) is 20.8 Å². The summed E-state index contributed by atoms with van der Waals surface area (Å²) in [5.41, 5.74) is 2.31. The number of benzene rings is 1. The summed E-state index contributed by atoms with van der Waals surface area (Å²) in [6, 6.07) is 12.8. The molecule has 6 heteroatoms. The molecule has 0 N–H and O–H groups in total. The highest BCUT2D eigenvalue weighted by Crippen LogP contribution is 2.30. The molecule has 1 amide bonds. The largest absolute Gasteiger partial charge is 0.488 e. The summed E-state index contributed by atoms with van der Waals surface area (Å²) in [4.78, 5) is 19.1. The molecule has 0 spiro atoms. The first-order valence-corrected chi connectivity index (χ1v) is 8.90. The molecule has 0 fully saturated rings. The Bertz CT molecular complexity index is 968. The number of nitrogens with zero attached hydrogens (tertiary/aromatic N) is 2. The van der Waals surface area contributed by atoms with Gasteiger partial charge in [-0.3, -0.25) is 9.78 Å². The lowest BCUT2D eigenvalue weighted by molar-refractivity contribution is -0.128. The van der Waals surface area contributed by atoms with Gasteiger partial charge in [0, 0.05) is 29.5 Å². The van der Waals surface area contributed by atoms with Crippen molar-refractivity contribution in [2.45, 2.75) is 13.1 Å². The van der Waals surface area contributed by atoms with Gasteiger partial charge in [-0.1, -0.05) is 17.7 Å². The Hall–Kier alpha value is -3.05. The number of pyridine rings is 1. The normalized spacial score (nSPS) is 12.7. The Balaban J connectivity index is 1.61. The van der Waals surface area contributed by atoms with Crippen LogP contribution in [0.15, 0.2) is 71.1 Å². The van der Waals surface area contributed by atoms with Crippen molar-refractivity contribution in [2.24, 2.45) is 0 Å². The Morgan fingerprint density at radius 1 is 1.19 bits per heavy atom. The van der Waals surface area contributed by atoms with Crippen molar-refractivity contribution >= 4 is 23.6 Å². The van der Waals surface area contributed by atoms with Crippen LogP contribution in [-0.4, -0.2) is 22.4 Å². The van der Waals surface area contributed by atoms with E-state index in [1.165, 1.54) is 0 Å². The lowest BCUT2D eigenvalue weighted by atomic mass is 10.1. The van der Waals surface area contributed by atoms with E-state index in [1.807, 2.05) is 36.4 Å². The van der Waals surface area contributed by atoms with Crippen LogP contribution in [0.2, 0.25) is 5.02 Å². The number of halogens is 1. The topological polar surface area (TPSA) is 55.6 Å². The molecule has 1 aliphatic rings. The van der Waals surface area contributed by atoms with E-state index in [2.05, 4.69) is 4.98 Å². The van der Waals surface area contributed by atoms with Gasteiger partial charge in [0.25, 0.3) is 5.91 Å². The van der Waals surface area contributed by atoms with Crippen LogP contribution in [-0.2, 0) is 17.9 Å². The van der Waals surface area contributed by atoms with Gasteiger partial charge in [-0.25, -0.2) is 0 Å². The molecule has 0 bridgehead atoms. The molecule has 1 aliphatic heterocycles. The maximum atomic E-state index is 13.2. The van der Waals surface area contributed by atoms with Gasteiger partial charge < -0.3 is 14.1 Å². The summed E-state index contributed by atoms with van der Waals surface area (Å²) in [5, 5.41) is 0.602. The van der Waals surface area contributed by atoms with Crippen molar-refractivity contribution in [1.82, 2.24) is 9.88 Å². The molecule has 136 valence electrons. The van der Waals surface area contributed by atoms with Crippen molar-refractivity contribution in [1.29, 1.82) is 0 Å². The lowest BCUT2D eigenvalue weighted by Crippen LogP contribution is -2.33. The molecule has 0 aliphatic carbocycles. The minimum Gasteiger partial charge on any atom is -0.488 e. The number of fused-ring (bicyclic) bond motifs is 1. The lowest BCUT2D eigenvalue weighted by Gasteiger charge is -2.25. The first kappa shape index (κ1) is 17.4. The fourth-order valence-electron chi connectivity index (χ4n) is 2.98. The first-order chi connectivity index (χ1) is 13.2. The van der Waals surface area contributed by atoms with Crippen molar-refractivity contribution < 1.29 is 13.9 Å². The monoisotopic (exact) mass is 380 g/mol. The second kappa shape index (κ2) is 7.68. The van der Waals surface area contributed by atoms with E-state index in [9.17, 15) is 4.79 Å². The number of aromatic nitrogens is 1. The highest BCUT2D eigenvalue weighted by Gasteiger charge is 2.23. The number of hydrogen-bond acceptors (Lipinski definition) is 4. The average Bonchev–Trinajstić information content (AvgIpc) is 3.20. The maximum Gasteiger partial charge on any atom is 0.253 e. The standard InChI is InChI=1S/C21H17ClN2O3/c22-18-5-6-20-16(10-18)9-17(14-27-20)21(25)24(13-19-4-2-8-26-19)12-15-3-1-7-23-11-15/h1-11H,12-14H2. The molecule has 0 unspecified atom stereocenters. The molecule has 0 saturated carbocycles. The number of ether oxygens (including phenoxy) is 1. The van der Waals surface area contributed by atoms with E-state index in [1.54, 1.807) is 35.7 Å². The number of carbonyl (C=O) groups excluding carboxylic acids is 1. The zero-order chi connectivity index (χ0) is 18.6. The van der Waals surface area contributed by atoms with E-state index in [0.29, 0.717) is 29.4 Å². The van der Waals surface area contributed by atoms with Crippen molar-refractivity contribution in [2.75, 3.05) is 6.61 Å². The Kier molecular flexibility index (Phi) is 4.94. The molecule has 5 nitrogen and oxygen atoms in total. The maximum absolute atomic E-state index is 13.2. The molecule has 1 aromatic carbocycles. The zero-order valence-corrected chi connectivity index (χ0v) is 15.2. The van der Waals surface area contributed by atoms with Gasteiger partial charge in [0.05, 0.1) is 18.4 Å². The molecule has 3 heterocycles. The predicted molar refractivity (Wildman–Crippen MR) is 102 cm³/mol. The Morgan fingerprint density at radius 2 is 2.11 bits per heavy atom. The second-order valence-electron chi connectivity index (χ2n) is 6.24. The second-order valence-corrected chi connectivity index (χ2v) is 6.68. The van der Waals surface area contributed by atoms with Crippen molar-refractivity contribution in [3.8, 4) is 5.75 Å². The van der Waals surface area contributed by atoms with Crippen molar-refractivity contribution in [3.63, 3.8) is 0 Å². The third-order valence-corrected chi connectivity index (χ3v) is 4.50. The molecule has 0 radical (unpaired) electrons. The van der Waals surface area contributed by atoms with Gasteiger partial charge in [-0.15, -0.1) is 0 Å².